The summed E-state index contributed by atoms with van der Waals surface area (Å²) in [5, 5.41) is 4.01. The van der Waals surface area contributed by atoms with E-state index in [4.69, 9.17) is 21.1 Å². The van der Waals surface area contributed by atoms with E-state index in [2.05, 4.69) is 11.9 Å². The Morgan fingerprint density at radius 3 is 2.94 bits per heavy atom. The maximum Gasteiger partial charge on any atom is 0.123 e. The van der Waals surface area contributed by atoms with E-state index in [0.717, 1.165) is 35.9 Å². The molecule has 0 amide bonds. The van der Waals surface area contributed by atoms with Crippen molar-refractivity contribution < 1.29 is 9.47 Å². The first kappa shape index (κ1) is 15.0. The van der Waals surface area contributed by atoms with Crippen molar-refractivity contribution in [2.75, 3.05) is 26.9 Å². The van der Waals surface area contributed by atoms with Gasteiger partial charge >= 0.3 is 0 Å². The SMILES string of the molecule is C=CCCOCCNCc1cc(Cl)ccc1OC. The first-order valence-corrected chi connectivity index (χ1v) is 6.37. The third-order valence-electron chi connectivity index (χ3n) is 2.45. The summed E-state index contributed by atoms with van der Waals surface area (Å²) in [6.45, 7) is 6.57. The van der Waals surface area contributed by atoms with Gasteiger partial charge in [-0.2, -0.15) is 0 Å². The highest BCUT2D eigenvalue weighted by Crippen LogP contribution is 2.22. The van der Waals surface area contributed by atoms with Gasteiger partial charge in [-0.15, -0.1) is 6.58 Å². The summed E-state index contributed by atoms with van der Waals surface area (Å²) in [6.07, 6.45) is 2.74. The summed E-state index contributed by atoms with van der Waals surface area (Å²) >= 11 is 5.95. The molecule has 0 saturated heterocycles. The van der Waals surface area contributed by atoms with Crippen molar-refractivity contribution in [1.82, 2.24) is 5.32 Å². The van der Waals surface area contributed by atoms with Crippen molar-refractivity contribution in [3.05, 3.63) is 41.4 Å². The van der Waals surface area contributed by atoms with Crippen molar-refractivity contribution in [3.63, 3.8) is 0 Å². The average molecular weight is 270 g/mol. The number of methoxy groups -OCH3 is 1. The van der Waals surface area contributed by atoms with Gasteiger partial charge in [0.05, 0.1) is 20.3 Å². The molecule has 0 aromatic heterocycles. The van der Waals surface area contributed by atoms with Gasteiger partial charge < -0.3 is 14.8 Å². The molecule has 1 N–H and O–H groups in total. The molecular weight excluding hydrogens is 250 g/mol. The molecule has 0 aliphatic carbocycles. The summed E-state index contributed by atoms with van der Waals surface area (Å²) in [6, 6.07) is 5.61. The van der Waals surface area contributed by atoms with Crippen LogP contribution in [0.3, 0.4) is 0 Å². The Morgan fingerprint density at radius 1 is 1.39 bits per heavy atom. The van der Waals surface area contributed by atoms with Crippen LogP contribution < -0.4 is 10.1 Å². The lowest BCUT2D eigenvalue weighted by Gasteiger charge is -2.10. The summed E-state index contributed by atoms with van der Waals surface area (Å²) in [4.78, 5) is 0. The second kappa shape index (κ2) is 8.97. The number of benzene rings is 1. The molecule has 1 rings (SSSR count). The molecule has 0 atom stereocenters. The second-order valence-electron chi connectivity index (χ2n) is 3.82. The number of rotatable bonds is 9. The van der Waals surface area contributed by atoms with Crippen molar-refractivity contribution in [3.8, 4) is 5.75 Å². The van der Waals surface area contributed by atoms with E-state index < -0.39 is 0 Å². The minimum Gasteiger partial charge on any atom is -0.496 e. The quantitative estimate of drug-likeness (QED) is 0.552. The summed E-state index contributed by atoms with van der Waals surface area (Å²) < 4.78 is 10.7. The van der Waals surface area contributed by atoms with E-state index in [1.54, 1.807) is 7.11 Å². The molecule has 0 heterocycles. The van der Waals surface area contributed by atoms with Crippen molar-refractivity contribution in [2.45, 2.75) is 13.0 Å². The van der Waals surface area contributed by atoms with Crippen LogP contribution in [0.2, 0.25) is 5.02 Å². The van der Waals surface area contributed by atoms with Gasteiger partial charge in [0, 0.05) is 23.7 Å². The Bertz CT molecular complexity index is 369. The average Bonchev–Trinajstić information content (AvgIpc) is 2.38. The molecule has 1 aromatic rings. The number of nitrogens with one attached hydrogen (secondary N) is 1. The fourth-order valence-corrected chi connectivity index (χ4v) is 1.72. The van der Waals surface area contributed by atoms with Crippen LogP contribution in [0.15, 0.2) is 30.9 Å². The number of hydrogen-bond acceptors (Lipinski definition) is 3. The number of halogens is 1. The van der Waals surface area contributed by atoms with Gasteiger partial charge in [0.2, 0.25) is 0 Å². The topological polar surface area (TPSA) is 30.5 Å². The first-order valence-electron chi connectivity index (χ1n) is 5.99. The van der Waals surface area contributed by atoms with E-state index in [9.17, 15) is 0 Å². The van der Waals surface area contributed by atoms with Crippen molar-refractivity contribution in [1.29, 1.82) is 0 Å². The molecule has 0 saturated carbocycles. The Labute approximate surface area is 114 Å². The van der Waals surface area contributed by atoms with E-state index >= 15 is 0 Å². The minimum absolute atomic E-state index is 0.691. The van der Waals surface area contributed by atoms with Crippen molar-refractivity contribution >= 4 is 11.6 Å². The fourth-order valence-electron chi connectivity index (χ4n) is 1.52. The van der Waals surface area contributed by atoms with E-state index in [0.29, 0.717) is 13.2 Å². The Kier molecular flexibility index (Phi) is 7.49. The van der Waals surface area contributed by atoms with Gasteiger partial charge in [0.1, 0.15) is 5.75 Å². The molecule has 0 aliphatic rings. The van der Waals surface area contributed by atoms with E-state index in [1.807, 2.05) is 24.3 Å². The fraction of sp³-hybridized carbons (Fsp3) is 0.429. The number of ether oxygens (including phenoxy) is 2. The van der Waals surface area contributed by atoms with E-state index in [-0.39, 0.29) is 0 Å². The zero-order valence-corrected chi connectivity index (χ0v) is 11.5. The molecule has 100 valence electrons. The van der Waals surface area contributed by atoms with Gasteiger partial charge in [-0.25, -0.2) is 0 Å². The molecule has 0 radical (unpaired) electrons. The maximum absolute atomic E-state index is 5.95. The molecule has 0 aliphatic heterocycles. The monoisotopic (exact) mass is 269 g/mol. The van der Waals surface area contributed by atoms with Crippen LogP contribution in [-0.2, 0) is 11.3 Å². The lowest BCUT2D eigenvalue weighted by molar-refractivity contribution is 0.140. The minimum atomic E-state index is 0.691. The van der Waals surface area contributed by atoms with Gasteiger partial charge in [-0.1, -0.05) is 17.7 Å². The zero-order chi connectivity index (χ0) is 13.2. The third-order valence-corrected chi connectivity index (χ3v) is 2.68. The van der Waals surface area contributed by atoms with Crippen LogP contribution >= 0.6 is 11.6 Å². The molecule has 18 heavy (non-hydrogen) atoms. The van der Waals surface area contributed by atoms with Crippen LogP contribution in [0.25, 0.3) is 0 Å². The highest BCUT2D eigenvalue weighted by molar-refractivity contribution is 6.30. The molecule has 4 heteroatoms. The largest absolute Gasteiger partial charge is 0.496 e. The van der Waals surface area contributed by atoms with Crippen LogP contribution in [0, 0.1) is 0 Å². The molecule has 0 fully saturated rings. The Morgan fingerprint density at radius 2 is 2.22 bits per heavy atom. The highest BCUT2D eigenvalue weighted by atomic mass is 35.5. The first-order chi connectivity index (χ1) is 8.77. The molecule has 1 aromatic carbocycles. The van der Waals surface area contributed by atoms with Crippen molar-refractivity contribution in [2.24, 2.45) is 0 Å². The lowest BCUT2D eigenvalue weighted by Crippen LogP contribution is -2.19. The number of hydrogen-bond donors (Lipinski definition) is 1. The highest BCUT2D eigenvalue weighted by Gasteiger charge is 2.02. The zero-order valence-electron chi connectivity index (χ0n) is 10.7. The Hall–Kier alpha value is -1.03. The smallest absolute Gasteiger partial charge is 0.123 e. The lowest BCUT2D eigenvalue weighted by atomic mass is 10.2. The van der Waals surface area contributed by atoms with Gasteiger partial charge in [-0.05, 0) is 24.6 Å². The van der Waals surface area contributed by atoms with Crippen LogP contribution in [0.5, 0.6) is 5.75 Å². The summed E-state index contributed by atoms with van der Waals surface area (Å²) in [5.74, 6) is 0.847. The molecular formula is C14H20ClNO2. The van der Waals surface area contributed by atoms with E-state index in [1.165, 1.54) is 0 Å². The predicted octanol–water partition coefficient (Wildman–Crippen LogP) is 3.03. The van der Waals surface area contributed by atoms with Gasteiger partial charge in [-0.3, -0.25) is 0 Å². The van der Waals surface area contributed by atoms with Crippen LogP contribution in [-0.4, -0.2) is 26.9 Å². The second-order valence-corrected chi connectivity index (χ2v) is 4.26. The normalized spacial score (nSPS) is 10.3. The summed E-state index contributed by atoms with van der Waals surface area (Å²) in [5.41, 5.74) is 1.05. The molecule has 3 nitrogen and oxygen atoms in total. The summed E-state index contributed by atoms with van der Waals surface area (Å²) in [7, 11) is 1.66. The maximum atomic E-state index is 5.95. The van der Waals surface area contributed by atoms with Gasteiger partial charge in [0.15, 0.2) is 0 Å². The third kappa shape index (κ3) is 5.54. The van der Waals surface area contributed by atoms with Crippen LogP contribution in [0.4, 0.5) is 0 Å². The van der Waals surface area contributed by atoms with Gasteiger partial charge in [0.25, 0.3) is 0 Å². The van der Waals surface area contributed by atoms with Crippen LogP contribution in [0.1, 0.15) is 12.0 Å². The molecule has 0 spiro atoms. The molecule has 0 unspecified atom stereocenters. The standard InChI is InChI=1S/C14H20ClNO2/c1-3-4-8-18-9-7-16-11-12-10-13(15)5-6-14(12)17-2/h3,5-6,10,16H,1,4,7-9,11H2,2H3. The predicted molar refractivity (Wildman–Crippen MR) is 75.3 cm³/mol. The Balaban J connectivity index is 2.26. The molecule has 0 bridgehead atoms.